The highest BCUT2D eigenvalue weighted by Gasteiger charge is 2.24. The number of aromatic nitrogens is 1. The van der Waals surface area contributed by atoms with Crippen LogP contribution in [-0.2, 0) is 13.0 Å². The summed E-state index contributed by atoms with van der Waals surface area (Å²) >= 11 is 0. The second kappa shape index (κ2) is 7.27. The van der Waals surface area contributed by atoms with Gasteiger partial charge in [-0.25, -0.2) is 4.79 Å². The van der Waals surface area contributed by atoms with E-state index in [1.165, 1.54) is 16.7 Å². The van der Waals surface area contributed by atoms with Crippen LogP contribution in [0.1, 0.15) is 23.6 Å². The van der Waals surface area contributed by atoms with Crippen molar-refractivity contribution >= 4 is 28.3 Å². The van der Waals surface area contributed by atoms with Gasteiger partial charge in [-0.1, -0.05) is 24.3 Å². The Morgan fingerprint density at radius 3 is 2.96 bits per heavy atom. The minimum atomic E-state index is -0.0255. The van der Waals surface area contributed by atoms with E-state index in [0.29, 0.717) is 13.1 Å². The molecule has 2 aromatic carbocycles. The zero-order chi connectivity index (χ0) is 18.8. The lowest BCUT2D eigenvalue weighted by molar-refractivity contribution is 0.247. The summed E-state index contributed by atoms with van der Waals surface area (Å²) in [6, 6.07) is 14.6. The zero-order valence-corrected chi connectivity index (χ0v) is 15.7. The van der Waals surface area contributed by atoms with Crippen LogP contribution in [0.15, 0.2) is 48.7 Å². The van der Waals surface area contributed by atoms with Gasteiger partial charge in [0.25, 0.3) is 0 Å². The van der Waals surface area contributed by atoms with Gasteiger partial charge in [-0.3, -0.25) is 9.88 Å². The van der Waals surface area contributed by atoms with E-state index in [2.05, 4.69) is 58.9 Å². The lowest BCUT2D eigenvalue weighted by Gasteiger charge is -2.19. The first-order valence-electron chi connectivity index (χ1n) is 9.42. The molecule has 5 heteroatoms. The molecule has 2 heterocycles. The molecule has 0 radical (unpaired) electrons. The normalized spacial score (nSPS) is 12.9. The molecule has 1 aliphatic heterocycles. The number of aryl methyl sites for hydroxylation is 1. The summed E-state index contributed by atoms with van der Waals surface area (Å²) in [6.45, 7) is 6.12. The molecule has 2 N–H and O–H groups in total. The highest BCUT2D eigenvalue weighted by Crippen LogP contribution is 2.31. The molecule has 0 saturated carbocycles. The molecule has 5 nitrogen and oxygen atoms in total. The Hall–Kier alpha value is -3.08. The summed E-state index contributed by atoms with van der Waals surface area (Å²) in [5.74, 6) is 0. The van der Waals surface area contributed by atoms with Crippen molar-refractivity contribution < 1.29 is 4.79 Å². The summed E-state index contributed by atoms with van der Waals surface area (Å²) < 4.78 is 0. The molecular formula is C22H24N4O. The molecular weight excluding hydrogens is 336 g/mol. The summed E-state index contributed by atoms with van der Waals surface area (Å²) in [6.07, 6.45) is 2.74. The number of hydrogen-bond acceptors (Lipinski definition) is 3. The summed E-state index contributed by atoms with van der Waals surface area (Å²) in [5.41, 5.74) is 6.69. The van der Waals surface area contributed by atoms with E-state index in [4.69, 9.17) is 0 Å². The minimum Gasteiger partial charge on any atom is -0.381 e. The molecule has 0 bridgehead atoms. The maximum absolute atomic E-state index is 12.3. The number of fused-ring (bicyclic) bond motifs is 2. The van der Waals surface area contributed by atoms with Crippen LogP contribution >= 0.6 is 0 Å². The predicted octanol–water partition coefficient (Wildman–Crippen LogP) is 4.25. The molecule has 0 atom stereocenters. The van der Waals surface area contributed by atoms with E-state index in [1.807, 2.05) is 24.1 Å². The Bertz CT molecular complexity index is 999. The molecule has 138 valence electrons. The fourth-order valence-electron chi connectivity index (χ4n) is 3.67. The van der Waals surface area contributed by atoms with Gasteiger partial charge in [0.2, 0.25) is 0 Å². The summed E-state index contributed by atoms with van der Waals surface area (Å²) in [5, 5.41) is 7.56. The topological polar surface area (TPSA) is 57.3 Å². The highest BCUT2D eigenvalue weighted by atomic mass is 16.2. The molecule has 1 aromatic heterocycles. The van der Waals surface area contributed by atoms with Gasteiger partial charge in [0, 0.05) is 42.5 Å². The Morgan fingerprint density at radius 2 is 2.11 bits per heavy atom. The van der Waals surface area contributed by atoms with Crippen molar-refractivity contribution in [1.29, 1.82) is 0 Å². The monoisotopic (exact) mass is 360 g/mol. The molecule has 0 unspecified atom stereocenters. The van der Waals surface area contributed by atoms with Crippen LogP contribution in [0.2, 0.25) is 0 Å². The van der Waals surface area contributed by atoms with Crippen LogP contribution < -0.4 is 15.5 Å². The van der Waals surface area contributed by atoms with E-state index >= 15 is 0 Å². The number of rotatable bonds is 4. The van der Waals surface area contributed by atoms with Crippen molar-refractivity contribution in [1.82, 2.24) is 10.3 Å². The van der Waals surface area contributed by atoms with Gasteiger partial charge in [0.15, 0.2) is 0 Å². The van der Waals surface area contributed by atoms with E-state index in [9.17, 15) is 4.79 Å². The van der Waals surface area contributed by atoms with E-state index in [1.54, 1.807) is 0 Å². The van der Waals surface area contributed by atoms with Crippen molar-refractivity contribution in [3.8, 4) is 0 Å². The maximum Gasteiger partial charge on any atom is 0.321 e. The molecule has 4 rings (SSSR count). The Balaban J connectivity index is 1.58. The third kappa shape index (κ3) is 3.33. The van der Waals surface area contributed by atoms with Gasteiger partial charge in [0.05, 0.1) is 11.2 Å². The number of carbonyl (C=O) groups excluding carboxylic acids is 1. The number of anilines is 2. The Kier molecular flexibility index (Phi) is 4.67. The molecule has 0 spiro atoms. The molecule has 27 heavy (non-hydrogen) atoms. The average Bonchev–Trinajstić information content (AvgIpc) is 3.11. The summed E-state index contributed by atoms with van der Waals surface area (Å²) in [7, 11) is 0. The van der Waals surface area contributed by atoms with Crippen molar-refractivity contribution in [2.75, 3.05) is 23.3 Å². The van der Waals surface area contributed by atoms with Gasteiger partial charge >= 0.3 is 6.03 Å². The Morgan fingerprint density at radius 1 is 1.22 bits per heavy atom. The minimum absolute atomic E-state index is 0.0255. The molecule has 3 aromatic rings. The highest BCUT2D eigenvalue weighted by molar-refractivity contribution is 5.95. The largest absolute Gasteiger partial charge is 0.381 e. The first-order chi connectivity index (χ1) is 13.2. The molecule has 1 aliphatic rings. The number of nitrogens with one attached hydrogen (secondary N) is 2. The van der Waals surface area contributed by atoms with Gasteiger partial charge in [-0.15, -0.1) is 0 Å². The van der Waals surface area contributed by atoms with Gasteiger partial charge < -0.3 is 10.6 Å². The first-order valence-corrected chi connectivity index (χ1v) is 9.42. The number of nitrogens with zero attached hydrogens (tertiary/aromatic N) is 2. The fourth-order valence-corrected chi connectivity index (χ4v) is 3.67. The zero-order valence-electron chi connectivity index (χ0n) is 15.7. The van der Waals surface area contributed by atoms with Crippen molar-refractivity contribution in [3.63, 3.8) is 0 Å². The van der Waals surface area contributed by atoms with Gasteiger partial charge in [-0.2, -0.15) is 0 Å². The third-order valence-electron chi connectivity index (χ3n) is 5.14. The lowest BCUT2D eigenvalue weighted by atomic mass is 10.0. The molecule has 0 aliphatic carbocycles. The van der Waals surface area contributed by atoms with E-state index < -0.39 is 0 Å². The van der Waals surface area contributed by atoms with Gasteiger partial charge in [0.1, 0.15) is 0 Å². The van der Waals surface area contributed by atoms with E-state index in [0.717, 1.165) is 35.2 Å². The van der Waals surface area contributed by atoms with Crippen LogP contribution in [0.5, 0.6) is 0 Å². The fraction of sp³-hybridized carbons (Fsp3) is 0.273. The number of carbonyl (C=O) groups is 1. The Labute approximate surface area is 159 Å². The molecule has 0 saturated heterocycles. The van der Waals surface area contributed by atoms with Crippen molar-refractivity contribution in [2.24, 2.45) is 0 Å². The van der Waals surface area contributed by atoms with Crippen LogP contribution in [0.25, 0.3) is 10.9 Å². The second-order valence-electron chi connectivity index (χ2n) is 6.87. The quantitative estimate of drug-likeness (QED) is 0.731. The van der Waals surface area contributed by atoms with Crippen LogP contribution in [-0.4, -0.2) is 24.1 Å². The van der Waals surface area contributed by atoms with E-state index in [-0.39, 0.29) is 6.03 Å². The first kappa shape index (κ1) is 17.3. The SMILES string of the molecule is CCNC(=O)N1CCc2ccc(NCc3c(C)ccc4cccnc34)cc21. The van der Waals surface area contributed by atoms with Crippen LogP contribution in [0.4, 0.5) is 16.2 Å². The number of amides is 2. The predicted molar refractivity (Wildman–Crippen MR) is 110 cm³/mol. The number of pyridine rings is 1. The third-order valence-corrected chi connectivity index (χ3v) is 5.14. The average molecular weight is 360 g/mol. The summed E-state index contributed by atoms with van der Waals surface area (Å²) in [4.78, 5) is 18.7. The molecule has 0 fully saturated rings. The number of urea groups is 1. The van der Waals surface area contributed by atoms with Crippen LogP contribution in [0.3, 0.4) is 0 Å². The standard InChI is InChI=1S/C22H24N4O/c1-3-23-22(27)26-12-10-16-8-9-18(13-20(16)26)25-14-19-15(2)6-7-17-5-4-11-24-21(17)19/h4-9,11,13,25H,3,10,12,14H2,1-2H3,(H,23,27). The van der Waals surface area contributed by atoms with Gasteiger partial charge in [-0.05, 0) is 49.6 Å². The number of benzene rings is 2. The second-order valence-corrected chi connectivity index (χ2v) is 6.87. The van der Waals surface area contributed by atoms with Crippen molar-refractivity contribution in [3.05, 3.63) is 65.4 Å². The smallest absolute Gasteiger partial charge is 0.321 e. The maximum atomic E-state index is 12.3. The lowest BCUT2D eigenvalue weighted by Crippen LogP contribution is -2.38. The number of hydrogen-bond donors (Lipinski definition) is 2. The van der Waals surface area contributed by atoms with Crippen LogP contribution in [0, 0.1) is 6.92 Å². The van der Waals surface area contributed by atoms with Crippen molar-refractivity contribution in [2.45, 2.75) is 26.8 Å². The molecule has 2 amide bonds.